The molecule has 0 unspecified atom stereocenters. The van der Waals surface area contributed by atoms with Gasteiger partial charge < -0.3 is 21.5 Å². The lowest BCUT2D eigenvalue weighted by Crippen LogP contribution is -3.00. The molecule has 0 saturated heterocycles. The Bertz CT molecular complexity index is 163. The first-order valence-corrected chi connectivity index (χ1v) is 3.96. The van der Waals surface area contributed by atoms with E-state index in [1.807, 2.05) is 0 Å². The van der Waals surface area contributed by atoms with E-state index >= 15 is 0 Å². The minimum Gasteiger partial charge on any atom is -1.00 e. The fourth-order valence-corrected chi connectivity index (χ4v) is 1.11. The van der Waals surface area contributed by atoms with Crippen molar-refractivity contribution in [2.75, 3.05) is 26.2 Å². The lowest BCUT2D eigenvalue weighted by molar-refractivity contribution is -0.911. The summed E-state index contributed by atoms with van der Waals surface area (Å²) < 4.78 is 0.854. The fourth-order valence-electron chi connectivity index (χ4n) is 1.11. The molecule has 0 atom stereocenters. The second kappa shape index (κ2) is 7.22. The van der Waals surface area contributed by atoms with E-state index in [9.17, 15) is 0 Å². The van der Waals surface area contributed by atoms with Crippen LogP contribution >= 0.6 is 0 Å². The van der Waals surface area contributed by atoms with Crippen LogP contribution in [-0.2, 0) is 0 Å². The standard InChI is InChI=1S/C10H16N.BrH/c1-5-9-11(7-3,8-4)10-6-2;/h1-2H,7-10H2,3-4H3;1H/q+1;/p-1. The monoisotopic (exact) mass is 229 g/mol. The minimum atomic E-state index is 0. The van der Waals surface area contributed by atoms with Gasteiger partial charge in [0, 0.05) is 0 Å². The molecule has 0 aliphatic heterocycles. The van der Waals surface area contributed by atoms with Crippen molar-refractivity contribution in [3.63, 3.8) is 0 Å². The van der Waals surface area contributed by atoms with Crippen LogP contribution in [0.4, 0.5) is 0 Å². The zero-order valence-electron chi connectivity index (χ0n) is 7.81. The maximum absolute atomic E-state index is 5.26. The van der Waals surface area contributed by atoms with Crippen LogP contribution in [0.3, 0.4) is 0 Å². The molecule has 0 saturated carbocycles. The first kappa shape index (κ1) is 14.1. The number of hydrogen-bond acceptors (Lipinski definition) is 0. The molecule has 2 heteroatoms. The van der Waals surface area contributed by atoms with Gasteiger partial charge in [-0.2, -0.15) is 0 Å². The molecule has 0 rings (SSSR count). The fraction of sp³-hybridized carbons (Fsp3) is 0.600. The first-order valence-electron chi connectivity index (χ1n) is 3.96. The Kier molecular flexibility index (Phi) is 8.49. The van der Waals surface area contributed by atoms with Crippen molar-refractivity contribution in [3.8, 4) is 24.7 Å². The molecule has 0 aliphatic carbocycles. The van der Waals surface area contributed by atoms with Crippen LogP contribution in [0.25, 0.3) is 0 Å². The first-order chi connectivity index (χ1) is 5.24. The molecule has 0 spiro atoms. The summed E-state index contributed by atoms with van der Waals surface area (Å²) in [5.74, 6) is 5.34. The SMILES string of the molecule is C#CC[N+](CC)(CC)CC#C.[Br-]. The Morgan fingerprint density at radius 2 is 1.33 bits per heavy atom. The van der Waals surface area contributed by atoms with Crippen LogP contribution in [0.1, 0.15) is 13.8 Å². The lowest BCUT2D eigenvalue weighted by Gasteiger charge is -2.32. The topological polar surface area (TPSA) is 0 Å². The van der Waals surface area contributed by atoms with E-state index in [-0.39, 0.29) is 17.0 Å². The molecule has 0 aliphatic rings. The molecular formula is C10H16BrN. The van der Waals surface area contributed by atoms with E-state index in [0.29, 0.717) is 0 Å². The Morgan fingerprint density at radius 1 is 1.00 bits per heavy atom. The molecule has 0 radical (unpaired) electrons. The lowest BCUT2D eigenvalue weighted by atomic mass is 10.3. The van der Waals surface area contributed by atoms with E-state index in [0.717, 1.165) is 30.7 Å². The highest BCUT2D eigenvalue weighted by Gasteiger charge is 2.19. The molecule has 0 aromatic carbocycles. The average Bonchev–Trinajstić information content (AvgIpc) is 2.04. The summed E-state index contributed by atoms with van der Waals surface area (Å²) in [7, 11) is 0. The molecule has 1 nitrogen and oxygen atoms in total. The molecular weight excluding hydrogens is 214 g/mol. The van der Waals surface area contributed by atoms with Gasteiger partial charge in [-0.05, 0) is 25.7 Å². The van der Waals surface area contributed by atoms with Crippen LogP contribution in [0, 0.1) is 24.7 Å². The van der Waals surface area contributed by atoms with Crippen molar-refractivity contribution in [1.29, 1.82) is 0 Å². The second-order valence-corrected chi connectivity index (χ2v) is 2.70. The highest BCUT2D eigenvalue weighted by atomic mass is 79.9. The molecule has 68 valence electrons. The summed E-state index contributed by atoms with van der Waals surface area (Å²) in [6, 6.07) is 0. The smallest absolute Gasteiger partial charge is 0.141 e. The van der Waals surface area contributed by atoms with E-state index in [2.05, 4.69) is 25.7 Å². The molecule has 12 heavy (non-hydrogen) atoms. The van der Waals surface area contributed by atoms with Crippen LogP contribution in [0.15, 0.2) is 0 Å². The molecule has 0 heterocycles. The Morgan fingerprint density at radius 3 is 1.50 bits per heavy atom. The van der Waals surface area contributed by atoms with E-state index < -0.39 is 0 Å². The highest BCUT2D eigenvalue weighted by Crippen LogP contribution is 2.03. The number of nitrogens with zero attached hydrogens (tertiary/aromatic N) is 1. The summed E-state index contributed by atoms with van der Waals surface area (Å²) in [5, 5.41) is 0. The number of rotatable bonds is 4. The van der Waals surface area contributed by atoms with Gasteiger partial charge in [0.25, 0.3) is 0 Å². The highest BCUT2D eigenvalue weighted by molar-refractivity contribution is 4.88. The third-order valence-corrected chi connectivity index (χ3v) is 2.20. The summed E-state index contributed by atoms with van der Waals surface area (Å²) in [5.41, 5.74) is 0. The van der Waals surface area contributed by atoms with Crippen LogP contribution in [-0.4, -0.2) is 30.7 Å². The summed E-state index contributed by atoms with van der Waals surface area (Å²) in [6.07, 6.45) is 10.5. The number of terminal acetylenes is 2. The van der Waals surface area contributed by atoms with Crippen molar-refractivity contribution in [3.05, 3.63) is 0 Å². The van der Waals surface area contributed by atoms with Crippen LogP contribution in [0.5, 0.6) is 0 Å². The van der Waals surface area contributed by atoms with Crippen molar-refractivity contribution in [2.45, 2.75) is 13.8 Å². The molecule has 0 N–H and O–H groups in total. The molecule has 0 fully saturated rings. The minimum absolute atomic E-state index is 0. The van der Waals surface area contributed by atoms with Crippen LogP contribution in [0.2, 0.25) is 0 Å². The quantitative estimate of drug-likeness (QED) is 0.391. The van der Waals surface area contributed by atoms with E-state index in [1.165, 1.54) is 0 Å². The van der Waals surface area contributed by atoms with Gasteiger partial charge >= 0.3 is 0 Å². The zero-order chi connectivity index (χ0) is 8.74. The Hall–Kier alpha value is -0.440. The summed E-state index contributed by atoms with van der Waals surface area (Å²) >= 11 is 0. The van der Waals surface area contributed by atoms with Crippen molar-refractivity contribution < 1.29 is 21.5 Å². The Labute approximate surface area is 86.5 Å². The zero-order valence-corrected chi connectivity index (χ0v) is 9.39. The molecule has 0 aromatic rings. The van der Waals surface area contributed by atoms with Gasteiger partial charge in [-0.15, -0.1) is 12.8 Å². The predicted octanol–water partition coefficient (Wildman–Crippen LogP) is -1.89. The second-order valence-electron chi connectivity index (χ2n) is 2.70. The van der Waals surface area contributed by atoms with Crippen molar-refractivity contribution >= 4 is 0 Å². The normalized spacial score (nSPS) is 9.33. The van der Waals surface area contributed by atoms with E-state index in [4.69, 9.17) is 12.8 Å². The summed E-state index contributed by atoms with van der Waals surface area (Å²) in [6.45, 7) is 7.78. The predicted molar refractivity (Wildman–Crippen MR) is 48.7 cm³/mol. The molecule has 0 bridgehead atoms. The van der Waals surface area contributed by atoms with Crippen molar-refractivity contribution in [2.24, 2.45) is 0 Å². The number of quaternary nitrogens is 1. The van der Waals surface area contributed by atoms with Crippen molar-refractivity contribution in [1.82, 2.24) is 0 Å². The third-order valence-electron chi connectivity index (χ3n) is 2.20. The molecule has 0 aromatic heterocycles. The van der Waals surface area contributed by atoms with Gasteiger partial charge in [-0.3, -0.25) is 0 Å². The molecule has 0 amide bonds. The van der Waals surface area contributed by atoms with E-state index in [1.54, 1.807) is 0 Å². The number of hydrogen-bond donors (Lipinski definition) is 0. The van der Waals surface area contributed by atoms with Gasteiger partial charge in [0.05, 0.1) is 13.1 Å². The van der Waals surface area contributed by atoms with Gasteiger partial charge in [-0.25, -0.2) is 0 Å². The van der Waals surface area contributed by atoms with Gasteiger partial charge in [0.2, 0.25) is 0 Å². The maximum atomic E-state index is 5.26. The van der Waals surface area contributed by atoms with Gasteiger partial charge in [0.1, 0.15) is 13.1 Å². The van der Waals surface area contributed by atoms with Gasteiger partial charge in [-0.1, -0.05) is 0 Å². The largest absolute Gasteiger partial charge is 1.00 e. The Balaban J connectivity index is 0. The summed E-state index contributed by atoms with van der Waals surface area (Å²) in [4.78, 5) is 0. The average molecular weight is 230 g/mol. The number of halogens is 1. The van der Waals surface area contributed by atoms with Crippen LogP contribution < -0.4 is 17.0 Å². The van der Waals surface area contributed by atoms with Gasteiger partial charge in [0.15, 0.2) is 0 Å². The third kappa shape index (κ3) is 3.81. The maximum Gasteiger partial charge on any atom is 0.141 e.